The summed E-state index contributed by atoms with van der Waals surface area (Å²) in [6.45, 7) is 6.64. The molecule has 0 saturated heterocycles. The first-order valence-corrected chi connectivity index (χ1v) is 26.4. The summed E-state index contributed by atoms with van der Waals surface area (Å²) in [5.41, 5.74) is 7.57. The van der Waals surface area contributed by atoms with E-state index in [0.29, 0.717) is 0 Å². The van der Waals surface area contributed by atoms with E-state index in [9.17, 15) is 0 Å². The van der Waals surface area contributed by atoms with Gasteiger partial charge in [-0.1, -0.05) is 187 Å². The van der Waals surface area contributed by atoms with Crippen molar-refractivity contribution in [2.24, 2.45) is 0 Å². The van der Waals surface area contributed by atoms with Gasteiger partial charge in [-0.15, -0.1) is 22.7 Å². The van der Waals surface area contributed by atoms with E-state index in [1.54, 1.807) is 0 Å². The van der Waals surface area contributed by atoms with Crippen LogP contribution in [-0.2, 0) is 13.1 Å². The highest BCUT2D eigenvalue weighted by atomic mass is 32.1. The summed E-state index contributed by atoms with van der Waals surface area (Å²) >= 11 is 3.85. The van der Waals surface area contributed by atoms with Gasteiger partial charge < -0.3 is 9.13 Å². The Kier molecular flexibility index (Phi) is 11.0. The molecule has 0 amide bonds. The van der Waals surface area contributed by atoms with Gasteiger partial charge in [0.2, 0.25) is 0 Å². The predicted molar refractivity (Wildman–Crippen MR) is 292 cm³/mol. The summed E-state index contributed by atoms with van der Waals surface area (Å²) in [4.78, 5) is 0. The van der Waals surface area contributed by atoms with E-state index >= 15 is 0 Å². The molecular weight excluding hydrogens is 837 g/mol. The molecule has 4 heterocycles. The zero-order valence-electron chi connectivity index (χ0n) is 38.3. The maximum absolute atomic E-state index is 3.99. The van der Waals surface area contributed by atoms with E-state index in [2.05, 4.69) is 168 Å². The van der Waals surface area contributed by atoms with Crippen LogP contribution in [0, 0.1) is 11.8 Å². The molecule has 12 rings (SSSR count). The SMILES string of the molecule is CCCCCCCCn1c2ccccc2c2cc(C#Cc3cc4c5ccccc5n(CCCCCCCC)c4c4ccc5c6ccccc6sc5c34)c3c(ccc4c5ccccc5sc43)c21. The standard InChI is InChI=1S/C62H56N2S2/c1-3-5-7-9-11-21-37-63-53-27-17-13-23-43(53)51-39-41(57-49(59(51)63)35-33-47-45-25-15-19-29-55(45)65-61(47)57)31-32-42-40-52-44-24-14-18-28-54(44)64(38-22-12-10-8-6-4-2)60(52)50-36-34-48-46-26-16-20-30-56(46)66-62(48)58(42)50/h13-20,23-30,33-36,39-40H,3-12,21-22,37-38H2,1-2H3. The molecule has 0 aliphatic rings. The van der Waals surface area contributed by atoms with E-state index in [1.807, 2.05) is 22.7 Å². The van der Waals surface area contributed by atoms with Crippen LogP contribution < -0.4 is 0 Å². The van der Waals surface area contributed by atoms with Gasteiger partial charge in [-0.25, -0.2) is 0 Å². The van der Waals surface area contributed by atoms with Gasteiger partial charge in [0, 0.05) is 119 Å². The molecule has 0 radical (unpaired) electrons. The lowest BCUT2D eigenvalue weighted by Crippen LogP contribution is -1.99. The Labute approximate surface area is 395 Å². The first-order valence-electron chi connectivity index (χ1n) is 24.8. The number of unbranched alkanes of at least 4 members (excludes halogenated alkanes) is 10. The van der Waals surface area contributed by atoms with Crippen LogP contribution in [-0.4, -0.2) is 9.13 Å². The van der Waals surface area contributed by atoms with Crippen LogP contribution >= 0.6 is 22.7 Å². The Hall–Kier alpha value is -6.12. The van der Waals surface area contributed by atoms with Crippen LogP contribution in [0.2, 0.25) is 0 Å². The van der Waals surface area contributed by atoms with Gasteiger partial charge in [-0.3, -0.25) is 0 Å². The molecule has 0 N–H and O–H groups in total. The second-order valence-electron chi connectivity index (χ2n) is 18.7. The Morgan fingerprint density at radius 2 is 0.742 bits per heavy atom. The van der Waals surface area contributed by atoms with Crippen LogP contribution in [0.15, 0.2) is 133 Å². The molecule has 0 spiro atoms. The zero-order valence-corrected chi connectivity index (χ0v) is 39.9. The molecule has 66 heavy (non-hydrogen) atoms. The summed E-state index contributed by atoms with van der Waals surface area (Å²) in [6.07, 6.45) is 15.4. The van der Waals surface area contributed by atoms with Crippen LogP contribution in [0.5, 0.6) is 0 Å². The molecule has 0 saturated carbocycles. The molecule has 8 aromatic carbocycles. The number of nitrogens with zero attached hydrogens (tertiary/aromatic N) is 2. The number of hydrogen-bond acceptors (Lipinski definition) is 2. The van der Waals surface area contributed by atoms with Crippen LogP contribution in [0.25, 0.3) is 106 Å². The lowest BCUT2D eigenvalue weighted by Gasteiger charge is -2.12. The number of rotatable bonds is 14. The number of hydrogen-bond donors (Lipinski definition) is 0. The maximum Gasteiger partial charge on any atom is 0.0572 e. The minimum atomic E-state index is 1.02. The molecule has 12 aromatic rings. The van der Waals surface area contributed by atoms with Gasteiger partial charge in [-0.2, -0.15) is 0 Å². The van der Waals surface area contributed by atoms with Crippen molar-refractivity contribution in [3.8, 4) is 11.8 Å². The average molecular weight is 893 g/mol. The molecule has 4 aromatic heterocycles. The van der Waals surface area contributed by atoms with Crippen LogP contribution in [0.1, 0.15) is 102 Å². The monoisotopic (exact) mass is 892 g/mol. The van der Waals surface area contributed by atoms with Crippen LogP contribution in [0.4, 0.5) is 0 Å². The van der Waals surface area contributed by atoms with E-state index in [4.69, 9.17) is 0 Å². The number of para-hydroxylation sites is 2. The van der Waals surface area contributed by atoms with Crippen molar-refractivity contribution in [3.05, 3.63) is 145 Å². The molecule has 326 valence electrons. The Bertz CT molecular complexity index is 3620. The molecule has 4 heteroatoms. The summed E-state index contributed by atoms with van der Waals surface area (Å²) < 4.78 is 10.6. The van der Waals surface area contributed by atoms with Crippen molar-refractivity contribution in [2.75, 3.05) is 0 Å². The summed E-state index contributed by atoms with van der Waals surface area (Å²) in [6, 6.07) is 50.6. The summed E-state index contributed by atoms with van der Waals surface area (Å²) in [7, 11) is 0. The van der Waals surface area contributed by atoms with Gasteiger partial charge in [-0.05, 0) is 49.2 Å². The third kappa shape index (κ3) is 6.89. The second kappa shape index (κ2) is 17.6. The van der Waals surface area contributed by atoms with Crippen molar-refractivity contribution in [3.63, 3.8) is 0 Å². The number of thiophene rings is 2. The van der Waals surface area contributed by atoms with Crippen LogP contribution in [0.3, 0.4) is 0 Å². The van der Waals surface area contributed by atoms with Crippen molar-refractivity contribution in [2.45, 2.75) is 104 Å². The molecule has 0 bridgehead atoms. The molecule has 0 atom stereocenters. The fourth-order valence-corrected chi connectivity index (χ4v) is 13.9. The largest absolute Gasteiger partial charge is 0.340 e. The summed E-state index contributed by atoms with van der Waals surface area (Å²) in [5.74, 6) is 7.98. The fraction of sp³-hybridized carbons (Fsp3) is 0.258. The molecular formula is C62H56N2S2. The fourth-order valence-electron chi connectivity index (χ4n) is 11.4. The maximum atomic E-state index is 3.99. The average Bonchev–Trinajstić information content (AvgIpc) is 4.11. The highest BCUT2D eigenvalue weighted by Gasteiger charge is 2.21. The first-order chi connectivity index (χ1) is 32.7. The minimum Gasteiger partial charge on any atom is -0.340 e. The van der Waals surface area contributed by atoms with E-state index < -0.39 is 0 Å². The van der Waals surface area contributed by atoms with Crippen molar-refractivity contribution in [1.82, 2.24) is 9.13 Å². The smallest absolute Gasteiger partial charge is 0.0572 e. The van der Waals surface area contributed by atoms with Gasteiger partial charge in [0.1, 0.15) is 0 Å². The minimum absolute atomic E-state index is 1.02. The molecule has 0 aliphatic carbocycles. The lowest BCUT2D eigenvalue weighted by molar-refractivity contribution is 0.571. The molecule has 2 nitrogen and oxygen atoms in total. The molecule has 0 aliphatic heterocycles. The number of benzene rings is 8. The Balaban J connectivity index is 1.12. The van der Waals surface area contributed by atoms with Gasteiger partial charge in [0.25, 0.3) is 0 Å². The normalized spacial score (nSPS) is 12.2. The van der Waals surface area contributed by atoms with Gasteiger partial charge in [0.15, 0.2) is 0 Å². The molecule has 0 unspecified atom stereocenters. The van der Waals surface area contributed by atoms with Gasteiger partial charge in [0.05, 0.1) is 11.0 Å². The summed E-state index contributed by atoms with van der Waals surface area (Å²) in [5, 5.41) is 15.7. The Morgan fingerprint density at radius 1 is 0.364 bits per heavy atom. The van der Waals surface area contributed by atoms with E-state index in [0.717, 1.165) is 24.2 Å². The van der Waals surface area contributed by atoms with Crippen molar-refractivity contribution in [1.29, 1.82) is 0 Å². The number of fused-ring (bicyclic) bond motifs is 18. The molecule has 0 fully saturated rings. The quantitative estimate of drug-likeness (QED) is 0.0760. The van der Waals surface area contributed by atoms with Gasteiger partial charge >= 0.3 is 0 Å². The predicted octanol–water partition coefficient (Wildman–Crippen LogP) is 19.1. The second-order valence-corrected chi connectivity index (χ2v) is 20.8. The number of aryl methyl sites for hydroxylation is 2. The third-order valence-corrected chi connectivity index (χ3v) is 17.0. The first kappa shape index (κ1) is 41.3. The van der Waals surface area contributed by atoms with Crippen molar-refractivity contribution >= 4 is 128 Å². The topological polar surface area (TPSA) is 9.86 Å². The zero-order chi connectivity index (χ0) is 44.1. The van der Waals surface area contributed by atoms with Crippen molar-refractivity contribution < 1.29 is 0 Å². The highest BCUT2D eigenvalue weighted by molar-refractivity contribution is 7.27. The number of aromatic nitrogens is 2. The Morgan fingerprint density at radius 3 is 1.20 bits per heavy atom. The lowest BCUT2D eigenvalue weighted by atomic mass is 9.96. The van der Waals surface area contributed by atoms with E-state index in [1.165, 1.54) is 183 Å². The third-order valence-electron chi connectivity index (χ3n) is 14.5. The van der Waals surface area contributed by atoms with E-state index in [-0.39, 0.29) is 0 Å². The highest BCUT2D eigenvalue weighted by Crippen LogP contribution is 2.46.